The highest BCUT2D eigenvalue weighted by atomic mass is 16.7. The zero-order valence-electron chi connectivity index (χ0n) is 29.0. The third-order valence-corrected chi connectivity index (χ3v) is 9.84. The Labute approximate surface area is 299 Å². The molecule has 1 aromatic heterocycles. The molecule has 0 bridgehead atoms. The van der Waals surface area contributed by atoms with E-state index in [4.69, 9.17) is 9.47 Å². The van der Waals surface area contributed by atoms with Crippen LogP contribution in [0.4, 0.5) is 0 Å². The van der Waals surface area contributed by atoms with Gasteiger partial charge in [-0.1, -0.05) is 103 Å². The number of nitrogens with one attached hydrogen (secondary N) is 1. The topological polar surface area (TPSA) is 83.9 Å². The van der Waals surface area contributed by atoms with Crippen LogP contribution in [0.5, 0.6) is 0 Å². The molecule has 5 aromatic carbocycles. The van der Waals surface area contributed by atoms with Crippen molar-refractivity contribution in [1.82, 2.24) is 15.2 Å². The van der Waals surface area contributed by atoms with Gasteiger partial charge in [0, 0.05) is 43.5 Å². The van der Waals surface area contributed by atoms with E-state index in [1.54, 1.807) is 24.5 Å². The second-order valence-corrected chi connectivity index (χ2v) is 13.3. The Kier molecular flexibility index (Phi) is 10.6. The van der Waals surface area contributed by atoms with Crippen molar-refractivity contribution in [2.24, 2.45) is 0 Å². The van der Waals surface area contributed by atoms with Crippen LogP contribution in [-0.4, -0.2) is 40.6 Å². The molecule has 0 saturated carbocycles. The van der Waals surface area contributed by atoms with Gasteiger partial charge in [-0.15, -0.1) is 0 Å². The van der Waals surface area contributed by atoms with Gasteiger partial charge in [-0.25, -0.2) is 0 Å². The lowest BCUT2D eigenvalue weighted by Crippen LogP contribution is -2.38. The number of hydrogen-bond acceptors (Lipinski definition) is 6. The molecule has 1 fully saturated rings. The Morgan fingerprint density at radius 2 is 1.61 bits per heavy atom. The molecule has 2 N–H and O–H groups in total. The number of aromatic nitrogens is 1. The van der Waals surface area contributed by atoms with Crippen LogP contribution < -0.4 is 5.32 Å². The van der Waals surface area contributed by atoms with Crippen molar-refractivity contribution in [3.63, 3.8) is 0 Å². The molecule has 2 heterocycles. The van der Waals surface area contributed by atoms with E-state index in [1.165, 1.54) is 16.3 Å². The summed E-state index contributed by atoms with van der Waals surface area (Å²) in [6.45, 7) is 3.40. The van der Waals surface area contributed by atoms with Gasteiger partial charge in [0.25, 0.3) is 5.91 Å². The quantitative estimate of drug-likeness (QED) is 0.143. The third-order valence-electron chi connectivity index (χ3n) is 9.84. The Hall–Kier alpha value is -5.18. The molecule has 7 rings (SSSR count). The summed E-state index contributed by atoms with van der Waals surface area (Å²) in [5.74, 6) is -0.152. The van der Waals surface area contributed by atoms with E-state index in [1.807, 2.05) is 36.4 Å². The number of aliphatic hydroxyl groups is 1. The number of ether oxygens (including phenoxy) is 2. The fourth-order valence-electron chi connectivity index (χ4n) is 6.71. The molecule has 1 aliphatic rings. The average molecular weight is 678 g/mol. The van der Waals surface area contributed by atoms with Crippen molar-refractivity contribution in [3.05, 3.63) is 173 Å². The predicted molar refractivity (Wildman–Crippen MR) is 201 cm³/mol. The molecular formula is C44H43N3O4. The molecule has 0 aliphatic carbocycles. The van der Waals surface area contributed by atoms with Gasteiger partial charge in [-0.3, -0.25) is 14.7 Å². The Bertz CT molecular complexity index is 2070. The van der Waals surface area contributed by atoms with E-state index in [2.05, 4.69) is 108 Å². The Morgan fingerprint density at radius 3 is 2.37 bits per heavy atom. The lowest BCUT2D eigenvalue weighted by atomic mass is 9.98. The van der Waals surface area contributed by atoms with Gasteiger partial charge in [0.15, 0.2) is 6.29 Å². The molecule has 1 amide bonds. The molecule has 7 heteroatoms. The largest absolute Gasteiger partial charge is 0.392 e. The molecule has 0 spiro atoms. The molecular weight excluding hydrogens is 635 g/mol. The number of nitrogens with zero attached hydrogens (tertiary/aromatic N) is 2. The fraction of sp³-hybridized carbons (Fsp3) is 0.227. The van der Waals surface area contributed by atoms with E-state index in [0.717, 1.165) is 39.9 Å². The van der Waals surface area contributed by atoms with Gasteiger partial charge in [-0.05, 0) is 82.4 Å². The number of hydrogen-bond donors (Lipinski definition) is 2. The van der Waals surface area contributed by atoms with E-state index >= 15 is 0 Å². The van der Waals surface area contributed by atoms with Gasteiger partial charge in [-0.2, -0.15) is 0 Å². The lowest BCUT2D eigenvalue weighted by molar-refractivity contribution is -0.253. The zero-order valence-corrected chi connectivity index (χ0v) is 29.0. The van der Waals surface area contributed by atoms with Crippen molar-refractivity contribution in [2.45, 2.75) is 51.0 Å². The van der Waals surface area contributed by atoms with Gasteiger partial charge in [0.2, 0.25) is 0 Å². The summed E-state index contributed by atoms with van der Waals surface area (Å²) in [5.41, 5.74) is 7.83. The minimum atomic E-state index is -0.543. The maximum Gasteiger partial charge on any atom is 0.253 e. The predicted octanol–water partition coefficient (Wildman–Crippen LogP) is 8.56. The standard InChI is InChI=1S/C44H43N3O4/c1-30(37-21-18-33-8-3-4-9-39(33)24-37)47(2)28-41-25-42(35-14-12-31(29-48)13-15-35)51-44(50-41)36-19-16-34(17-20-36)38-10-5-7-32(23-38)26-46-43(49)40-11-6-22-45-27-40/h3-24,27,30,41-42,44,48H,25-26,28-29H2,1-2H3,(H,46,49)/t30-,41-,42+,44+/m1/s1. The average Bonchev–Trinajstić information content (AvgIpc) is 3.19. The highest BCUT2D eigenvalue weighted by molar-refractivity contribution is 5.93. The van der Waals surface area contributed by atoms with E-state index in [0.29, 0.717) is 18.5 Å². The summed E-state index contributed by atoms with van der Waals surface area (Å²) in [6, 6.07) is 43.4. The SMILES string of the molecule is C[C@H](c1ccc2ccccc2c1)N(C)C[C@H]1C[C@@H](c2ccc(CO)cc2)O[C@@H](c2ccc(-c3cccc(CNC(=O)c4cccnc4)c3)cc2)O1. The first-order valence-electron chi connectivity index (χ1n) is 17.5. The molecule has 7 nitrogen and oxygen atoms in total. The summed E-state index contributed by atoms with van der Waals surface area (Å²) in [7, 11) is 2.16. The van der Waals surface area contributed by atoms with Gasteiger partial charge < -0.3 is 19.9 Å². The molecule has 6 aromatic rings. The monoisotopic (exact) mass is 677 g/mol. The summed E-state index contributed by atoms with van der Waals surface area (Å²) in [5, 5.41) is 15.1. The maximum absolute atomic E-state index is 12.5. The number of pyridine rings is 1. The molecule has 258 valence electrons. The molecule has 0 radical (unpaired) electrons. The minimum Gasteiger partial charge on any atom is -0.392 e. The molecule has 0 unspecified atom stereocenters. The van der Waals surface area contributed by atoms with Crippen LogP contribution in [0.2, 0.25) is 0 Å². The van der Waals surface area contributed by atoms with Crippen LogP contribution in [0, 0.1) is 0 Å². The highest BCUT2D eigenvalue weighted by Gasteiger charge is 2.33. The van der Waals surface area contributed by atoms with Crippen molar-refractivity contribution in [2.75, 3.05) is 13.6 Å². The zero-order chi connectivity index (χ0) is 35.2. The third kappa shape index (κ3) is 8.25. The fourth-order valence-corrected chi connectivity index (χ4v) is 6.71. The maximum atomic E-state index is 12.5. The second-order valence-electron chi connectivity index (χ2n) is 13.3. The lowest BCUT2D eigenvalue weighted by Gasteiger charge is -2.39. The van der Waals surface area contributed by atoms with Gasteiger partial charge in [0.05, 0.1) is 24.4 Å². The summed E-state index contributed by atoms with van der Waals surface area (Å²) in [4.78, 5) is 18.9. The van der Waals surface area contributed by atoms with E-state index in [9.17, 15) is 9.90 Å². The number of carbonyl (C=O) groups excluding carboxylic acids is 1. The summed E-state index contributed by atoms with van der Waals surface area (Å²) >= 11 is 0. The first-order valence-corrected chi connectivity index (χ1v) is 17.5. The van der Waals surface area contributed by atoms with Gasteiger partial charge in [0.1, 0.15) is 0 Å². The number of amides is 1. The van der Waals surface area contributed by atoms with Crippen molar-refractivity contribution < 1.29 is 19.4 Å². The Balaban J connectivity index is 1.07. The van der Waals surface area contributed by atoms with Crippen molar-refractivity contribution in [3.8, 4) is 11.1 Å². The van der Waals surface area contributed by atoms with Crippen LogP contribution >= 0.6 is 0 Å². The number of aliphatic hydroxyl groups excluding tert-OH is 1. The summed E-state index contributed by atoms with van der Waals surface area (Å²) < 4.78 is 13.3. The molecule has 1 saturated heterocycles. The van der Waals surface area contributed by atoms with Crippen molar-refractivity contribution in [1.29, 1.82) is 0 Å². The normalized spacial score (nSPS) is 18.1. The van der Waals surface area contributed by atoms with Crippen LogP contribution in [-0.2, 0) is 22.6 Å². The van der Waals surface area contributed by atoms with Crippen LogP contribution in [0.15, 0.2) is 140 Å². The number of likely N-dealkylation sites (N-methyl/N-ethyl adjacent to an activating group) is 1. The van der Waals surface area contributed by atoms with E-state index in [-0.39, 0.29) is 30.8 Å². The first kappa shape index (κ1) is 34.3. The van der Waals surface area contributed by atoms with Gasteiger partial charge >= 0.3 is 0 Å². The van der Waals surface area contributed by atoms with E-state index < -0.39 is 6.29 Å². The highest BCUT2D eigenvalue weighted by Crippen LogP contribution is 2.39. The van der Waals surface area contributed by atoms with Crippen LogP contribution in [0.3, 0.4) is 0 Å². The van der Waals surface area contributed by atoms with Crippen LogP contribution in [0.25, 0.3) is 21.9 Å². The first-order chi connectivity index (χ1) is 24.9. The number of carbonyl (C=O) groups is 1. The molecule has 4 atom stereocenters. The molecule has 51 heavy (non-hydrogen) atoms. The van der Waals surface area contributed by atoms with Crippen molar-refractivity contribution >= 4 is 16.7 Å². The smallest absolute Gasteiger partial charge is 0.253 e. The second kappa shape index (κ2) is 15.8. The summed E-state index contributed by atoms with van der Waals surface area (Å²) in [6.07, 6.45) is 3.15. The number of fused-ring (bicyclic) bond motifs is 1. The molecule has 1 aliphatic heterocycles. The number of benzene rings is 5. The number of rotatable bonds is 11. The Morgan fingerprint density at radius 1 is 0.824 bits per heavy atom. The van der Waals surface area contributed by atoms with Crippen LogP contribution in [0.1, 0.15) is 70.0 Å². The minimum absolute atomic E-state index is 0.00686.